The van der Waals surface area contributed by atoms with Crippen LogP contribution in [-0.4, -0.2) is 56.8 Å². The Balaban J connectivity index is 2.15. The molecule has 0 aromatic carbocycles. The fourth-order valence-corrected chi connectivity index (χ4v) is 2.07. The van der Waals surface area contributed by atoms with Gasteiger partial charge < -0.3 is 13.8 Å². The normalized spacial score (nSPS) is 16.2. The predicted molar refractivity (Wildman–Crippen MR) is 66.4 cm³/mol. The Morgan fingerprint density at radius 2 is 2.05 bits per heavy atom. The smallest absolute Gasteiger partial charge is 0.307 e. The summed E-state index contributed by atoms with van der Waals surface area (Å²) in [7, 11) is -3.65. The molecule has 8 heteroatoms. The lowest BCUT2D eigenvalue weighted by Crippen LogP contribution is -2.41. The van der Waals surface area contributed by atoms with Gasteiger partial charge in [0.2, 0.25) is 5.88 Å². The quantitative estimate of drug-likeness (QED) is 0.721. The maximum Gasteiger partial charge on any atom is 0.307 e. The van der Waals surface area contributed by atoms with E-state index in [0.717, 1.165) is 6.26 Å². The summed E-state index contributed by atoms with van der Waals surface area (Å²) < 4.78 is 31.8. The van der Waals surface area contributed by atoms with Gasteiger partial charge in [0.05, 0.1) is 19.5 Å². The number of nitrogens with zero attached hydrogens (tertiary/aromatic N) is 2. The molecule has 1 amide bonds. The van der Waals surface area contributed by atoms with Crippen LogP contribution in [0.5, 0.6) is 5.88 Å². The van der Waals surface area contributed by atoms with Crippen molar-refractivity contribution in [2.24, 2.45) is 0 Å². The molecular formula is C11H14N2O5S. The van der Waals surface area contributed by atoms with Gasteiger partial charge in [-0.1, -0.05) is 6.07 Å². The van der Waals surface area contributed by atoms with Gasteiger partial charge in [-0.2, -0.15) is 8.42 Å². The van der Waals surface area contributed by atoms with Gasteiger partial charge in [-0.05, 0) is 6.07 Å². The molecule has 0 spiro atoms. The summed E-state index contributed by atoms with van der Waals surface area (Å²) in [5.41, 5.74) is 0.156. The van der Waals surface area contributed by atoms with Crippen LogP contribution in [-0.2, 0) is 14.9 Å². The highest BCUT2D eigenvalue weighted by atomic mass is 32.2. The van der Waals surface area contributed by atoms with Crippen molar-refractivity contribution in [3.05, 3.63) is 23.9 Å². The molecule has 0 aliphatic carbocycles. The lowest BCUT2D eigenvalue weighted by atomic mass is 10.3. The first kappa shape index (κ1) is 13.8. The first-order valence-electron chi connectivity index (χ1n) is 5.69. The van der Waals surface area contributed by atoms with Gasteiger partial charge in [-0.25, -0.2) is 4.98 Å². The fourth-order valence-electron chi connectivity index (χ4n) is 1.66. The van der Waals surface area contributed by atoms with Crippen LogP contribution in [0.3, 0.4) is 0 Å². The lowest BCUT2D eigenvalue weighted by molar-refractivity contribution is 0.0298. The van der Waals surface area contributed by atoms with Crippen LogP contribution in [0.2, 0.25) is 0 Å². The Bertz CT molecular complexity index is 566. The van der Waals surface area contributed by atoms with Crippen LogP contribution in [0.1, 0.15) is 10.5 Å². The minimum Gasteiger partial charge on any atom is -0.378 e. The first-order valence-corrected chi connectivity index (χ1v) is 7.51. The fraction of sp³-hybridized carbons (Fsp3) is 0.455. The zero-order valence-corrected chi connectivity index (χ0v) is 11.2. The summed E-state index contributed by atoms with van der Waals surface area (Å²) in [5, 5.41) is 0. The number of aromatic nitrogens is 1. The number of carbonyl (C=O) groups is 1. The van der Waals surface area contributed by atoms with Crippen molar-refractivity contribution in [1.82, 2.24) is 9.88 Å². The molecular weight excluding hydrogens is 272 g/mol. The van der Waals surface area contributed by atoms with Crippen LogP contribution in [0.15, 0.2) is 18.2 Å². The van der Waals surface area contributed by atoms with E-state index in [0.29, 0.717) is 26.3 Å². The molecule has 1 aliphatic rings. The zero-order valence-electron chi connectivity index (χ0n) is 10.4. The number of morpholine rings is 1. The number of hydrogen-bond acceptors (Lipinski definition) is 6. The van der Waals surface area contributed by atoms with Crippen molar-refractivity contribution in [3.63, 3.8) is 0 Å². The molecule has 7 nitrogen and oxygen atoms in total. The highest BCUT2D eigenvalue weighted by Gasteiger charge is 2.20. The van der Waals surface area contributed by atoms with Crippen LogP contribution < -0.4 is 4.18 Å². The molecule has 1 aromatic rings. The Labute approximate surface area is 111 Å². The summed E-state index contributed by atoms with van der Waals surface area (Å²) in [6.07, 6.45) is 0.922. The van der Waals surface area contributed by atoms with Crippen molar-refractivity contribution in [2.45, 2.75) is 0 Å². The van der Waals surface area contributed by atoms with Crippen molar-refractivity contribution < 1.29 is 22.1 Å². The zero-order chi connectivity index (χ0) is 13.9. The van der Waals surface area contributed by atoms with E-state index >= 15 is 0 Å². The second-order valence-electron chi connectivity index (χ2n) is 4.05. The number of rotatable bonds is 3. The lowest BCUT2D eigenvalue weighted by Gasteiger charge is -2.26. The summed E-state index contributed by atoms with van der Waals surface area (Å²) in [6.45, 7) is 1.98. The monoisotopic (exact) mass is 286 g/mol. The van der Waals surface area contributed by atoms with Crippen LogP contribution in [0, 0.1) is 0 Å². The van der Waals surface area contributed by atoms with Gasteiger partial charge in [-0.3, -0.25) is 4.79 Å². The molecule has 1 aliphatic heterocycles. The third kappa shape index (κ3) is 3.90. The average molecular weight is 286 g/mol. The van der Waals surface area contributed by atoms with Crippen LogP contribution in [0.4, 0.5) is 0 Å². The Morgan fingerprint density at radius 1 is 1.37 bits per heavy atom. The Hall–Kier alpha value is -1.67. The van der Waals surface area contributed by atoms with E-state index in [-0.39, 0.29) is 17.5 Å². The molecule has 0 radical (unpaired) electrons. The summed E-state index contributed by atoms with van der Waals surface area (Å²) in [4.78, 5) is 17.6. The molecule has 0 unspecified atom stereocenters. The molecule has 1 saturated heterocycles. The van der Waals surface area contributed by atoms with E-state index in [1.54, 1.807) is 4.90 Å². The Morgan fingerprint density at radius 3 is 2.68 bits per heavy atom. The molecule has 1 aromatic heterocycles. The Kier molecular flexibility index (Phi) is 4.01. The van der Waals surface area contributed by atoms with Crippen molar-refractivity contribution >= 4 is 16.0 Å². The maximum absolute atomic E-state index is 12.1. The largest absolute Gasteiger partial charge is 0.378 e. The molecule has 0 N–H and O–H groups in total. The summed E-state index contributed by atoms with van der Waals surface area (Å²) in [5.74, 6) is -0.371. The van der Waals surface area contributed by atoms with Gasteiger partial charge in [0.15, 0.2) is 0 Å². The SMILES string of the molecule is CS(=O)(=O)Oc1cccc(C(=O)N2CCOCC2)n1. The standard InChI is InChI=1S/C11H14N2O5S/c1-19(15,16)18-10-4-2-3-9(12-10)11(14)13-5-7-17-8-6-13/h2-4H,5-8H2,1H3. The second kappa shape index (κ2) is 5.54. The second-order valence-corrected chi connectivity index (χ2v) is 5.63. The van der Waals surface area contributed by atoms with Gasteiger partial charge in [-0.15, -0.1) is 0 Å². The predicted octanol–water partition coefficient (Wildman–Crippen LogP) is -0.108. The molecule has 2 rings (SSSR count). The van der Waals surface area contributed by atoms with E-state index < -0.39 is 10.1 Å². The van der Waals surface area contributed by atoms with Gasteiger partial charge in [0, 0.05) is 19.2 Å². The molecule has 1 fully saturated rings. The summed E-state index contributed by atoms with van der Waals surface area (Å²) in [6, 6.07) is 4.44. The number of hydrogen-bond donors (Lipinski definition) is 0. The van der Waals surface area contributed by atoms with Crippen molar-refractivity contribution in [3.8, 4) is 5.88 Å². The molecule has 104 valence electrons. The average Bonchev–Trinajstić information content (AvgIpc) is 2.37. The van der Waals surface area contributed by atoms with Gasteiger partial charge >= 0.3 is 10.1 Å². The van der Waals surface area contributed by atoms with Gasteiger partial charge in [0.25, 0.3) is 5.91 Å². The first-order chi connectivity index (χ1) is 8.96. The summed E-state index contributed by atoms with van der Waals surface area (Å²) >= 11 is 0. The highest BCUT2D eigenvalue weighted by molar-refractivity contribution is 7.86. The number of pyridine rings is 1. The number of carbonyl (C=O) groups excluding carboxylic acids is 1. The third-order valence-corrected chi connectivity index (χ3v) is 2.95. The van der Waals surface area contributed by atoms with E-state index in [1.807, 2.05) is 0 Å². The van der Waals surface area contributed by atoms with Crippen molar-refractivity contribution in [1.29, 1.82) is 0 Å². The molecule has 0 bridgehead atoms. The highest BCUT2D eigenvalue weighted by Crippen LogP contribution is 2.12. The topological polar surface area (TPSA) is 85.8 Å². The van der Waals surface area contributed by atoms with Gasteiger partial charge in [0.1, 0.15) is 5.69 Å². The van der Waals surface area contributed by atoms with Crippen LogP contribution in [0.25, 0.3) is 0 Å². The number of amides is 1. The van der Waals surface area contributed by atoms with Crippen LogP contribution >= 0.6 is 0 Å². The van der Waals surface area contributed by atoms with E-state index in [1.165, 1.54) is 18.2 Å². The third-order valence-electron chi connectivity index (χ3n) is 2.48. The van der Waals surface area contributed by atoms with E-state index in [2.05, 4.69) is 9.17 Å². The molecule has 2 heterocycles. The molecule has 0 atom stereocenters. The van der Waals surface area contributed by atoms with Crippen molar-refractivity contribution in [2.75, 3.05) is 32.6 Å². The van der Waals surface area contributed by atoms with E-state index in [9.17, 15) is 13.2 Å². The molecule has 19 heavy (non-hydrogen) atoms. The number of ether oxygens (including phenoxy) is 1. The minimum absolute atomic E-state index is 0.110. The maximum atomic E-state index is 12.1. The minimum atomic E-state index is -3.65. The molecule has 0 saturated carbocycles. The van der Waals surface area contributed by atoms with E-state index in [4.69, 9.17) is 4.74 Å².